The Balaban J connectivity index is 1.60. The molecule has 0 aliphatic carbocycles. The van der Waals surface area contributed by atoms with Crippen LogP contribution in [-0.2, 0) is 4.74 Å². The maximum Gasteiger partial charge on any atom is 0.204 e. The normalized spacial score (nSPS) is 16.5. The maximum atomic E-state index is 5.38. The average Bonchev–Trinajstić information content (AvgIpc) is 2.91. The summed E-state index contributed by atoms with van der Waals surface area (Å²) in [6.07, 6.45) is 1.13. The molecule has 1 aromatic heterocycles. The van der Waals surface area contributed by atoms with Crippen LogP contribution in [0.5, 0.6) is 0 Å². The van der Waals surface area contributed by atoms with Gasteiger partial charge in [-0.15, -0.1) is 0 Å². The molecule has 1 fully saturated rings. The molecule has 1 aromatic carbocycles. The van der Waals surface area contributed by atoms with Gasteiger partial charge in [-0.3, -0.25) is 4.90 Å². The minimum Gasteiger partial charge on any atom is -0.379 e. The third-order valence-corrected chi connectivity index (χ3v) is 4.15. The van der Waals surface area contributed by atoms with E-state index in [0.717, 1.165) is 57.3 Å². The highest BCUT2D eigenvalue weighted by atomic mass is 16.5. The Hall–Kier alpha value is -1.59. The van der Waals surface area contributed by atoms with Crippen LogP contribution in [0.1, 0.15) is 26.3 Å². The third kappa shape index (κ3) is 3.42. The second-order valence-electron chi connectivity index (χ2n) is 6.12. The van der Waals surface area contributed by atoms with Crippen molar-refractivity contribution in [3.63, 3.8) is 0 Å². The molecule has 0 bridgehead atoms. The first kappa shape index (κ1) is 15.3. The number of hydrogen-bond acceptors (Lipinski definition) is 4. The molecule has 0 spiro atoms. The van der Waals surface area contributed by atoms with Crippen molar-refractivity contribution in [2.75, 3.05) is 44.7 Å². The lowest BCUT2D eigenvalue weighted by atomic mass is 10.3. The fourth-order valence-electron chi connectivity index (χ4n) is 3.02. The lowest BCUT2D eigenvalue weighted by molar-refractivity contribution is 0.0378. The van der Waals surface area contributed by atoms with Gasteiger partial charge in [0.1, 0.15) is 0 Å². The SMILES string of the molecule is CC(C)n1c(NCCCN2CCOCC2)nc2ccccc21. The Morgan fingerprint density at radius 3 is 2.77 bits per heavy atom. The second-order valence-corrected chi connectivity index (χ2v) is 6.12. The van der Waals surface area contributed by atoms with E-state index in [1.54, 1.807) is 0 Å². The molecule has 0 unspecified atom stereocenters. The number of morpholine rings is 1. The van der Waals surface area contributed by atoms with E-state index in [1.807, 2.05) is 6.07 Å². The molecule has 0 saturated carbocycles. The van der Waals surface area contributed by atoms with E-state index in [0.29, 0.717) is 6.04 Å². The fraction of sp³-hybridized carbons (Fsp3) is 0.588. The summed E-state index contributed by atoms with van der Waals surface area (Å²) in [5, 5.41) is 3.52. The van der Waals surface area contributed by atoms with E-state index in [1.165, 1.54) is 5.52 Å². The van der Waals surface area contributed by atoms with Crippen LogP contribution >= 0.6 is 0 Å². The fourth-order valence-corrected chi connectivity index (χ4v) is 3.02. The van der Waals surface area contributed by atoms with Gasteiger partial charge in [0.05, 0.1) is 24.2 Å². The predicted octanol–water partition coefficient (Wildman–Crippen LogP) is 2.75. The lowest BCUT2D eigenvalue weighted by Crippen LogP contribution is -2.37. The van der Waals surface area contributed by atoms with Crippen molar-refractivity contribution in [2.24, 2.45) is 0 Å². The maximum absolute atomic E-state index is 5.38. The van der Waals surface area contributed by atoms with Gasteiger partial charge in [-0.25, -0.2) is 4.98 Å². The molecule has 2 aromatic rings. The van der Waals surface area contributed by atoms with Crippen molar-refractivity contribution < 1.29 is 4.74 Å². The molecule has 5 nitrogen and oxygen atoms in total. The summed E-state index contributed by atoms with van der Waals surface area (Å²) in [4.78, 5) is 7.21. The number of fused-ring (bicyclic) bond motifs is 1. The van der Waals surface area contributed by atoms with Gasteiger partial charge in [0.15, 0.2) is 0 Å². The molecular weight excluding hydrogens is 276 g/mol. The Morgan fingerprint density at radius 1 is 1.23 bits per heavy atom. The number of imidazole rings is 1. The average molecular weight is 302 g/mol. The first-order chi connectivity index (χ1) is 10.8. The summed E-state index contributed by atoms with van der Waals surface area (Å²) < 4.78 is 7.66. The number of nitrogens with zero attached hydrogens (tertiary/aromatic N) is 3. The Morgan fingerprint density at radius 2 is 2.00 bits per heavy atom. The smallest absolute Gasteiger partial charge is 0.204 e. The van der Waals surface area contributed by atoms with E-state index in [-0.39, 0.29) is 0 Å². The number of hydrogen-bond donors (Lipinski definition) is 1. The van der Waals surface area contributed by atoms with Crippen LogP contribution in [0.2, 0.25) is 0 Å². The van der Waals surface area contributed by atoms with Gasteiger partial charge < -0.3 is 14.6 Å². The van der Waals surface area contributed by atoms with E-state index < -0.39 is 0 Å². The monoisotopic (exact) mass is 302 g/mol. The van der Waals surface area contributed by atoms with Crippen LogP contribution in [0.25, 0.3) is 11.0 Å². The van der Waals surface area contributed by atoms with Gasteiger partial charge >= 0.3 is 0 Å². The first-order valence-corrected chi connectivity index (χ1v) is 8.26. The Kier molecular flexibility index (Phi) is 4.95. The summed E-state index contributed by atoms with van der Waals surface area (Å²) >= 11 is 0. The van der Waals surface area contributed by atoms with E-state index >= 15 is 0 Å². The van der Waals surface area contributed by atoms with E-state index in [4.69, 9.17) is 9.72 Å². The molecule has 120 valence electrons. The molecule has 1 N–H and O–H groups in total. The van der Waals surface area contributed by atoms with Crippen LogP contribution in [0.4, 0.5) is 5.95 Å². The standard InChI is InChI=1S/C17H26N4O/c1-14(2)21-16-7-4-3-6-15(16)19-17(21)18-8-5-9-20-10-12-22-13-11-20/h3-4,6-7,14H,5,8-13H2,1-2H3,(H,18,19). The zero-order valence-corrected chi connectivity index (χ0v) is 13.6. The van der Waals surface area contributed by atoms with Crippen molar-refractivity contribution in [1.29, 1.82) is 0 Å². The highest BCUT2D eigenvalue weighted by molar-refractivity contribution is 5.78. The predicted molar refractivity (Wildman–Crippen MR) is 90.5 cm³/mol. The number of ether oxygens (including phenoxy) is 1. The topological polar surface area (TPSA) is 42.3 Å². The molecule has 0 amide bonds. The molecule has 0 radical (unpaired) electrons. The summed E-state index contributed by atoms with van der Waals surface area (Å²) in [5.41, 5.74) is 2.26. The minimum atomic E-state index is 0.397. The molecule has 1 saturated heterocycles. The summed E-state index contributed by atoms with van der Waals surface area (Å²) in [6.45, 7) is 10.3. The summed E-state index contributed by atoms with van der Waals surface area (Å²) in [7, 11) is 0. The van der Waals surface area contributed by atoms with Crippen LogP contribution in [-0.4, -0.2) is 53.8 Å². The molecular formula is C17H26N4O. The number of aromatic nitrogens is 2. The highest BCUT2D eigenvalue weighted by Crippen LogP contribution is 2.23. The molecule has 22 heavy (non-hydrogen) atoms. The van der Waals surface area contributed by atoms with Gasteiger partial charge in [0.25, 0.3) is 0 Å². The quantitative estimate of drug-likeness (QED) is 0.833. The molecule has 1 aliphatic rings. The van der Waals surface area contributed by atoms with E-state index in [9.17, 15) is 0 Å². The molecule has 1 aliphatic heterocycles. The molecule has 0 atom stereocenters. The van der Waals surface area contributed by atoms with Gasteiger partial charge in [-0.2, -0.15) is 0 Å². The summed E-state index contributed by atoms with van der Waals surface area (Å²) in [5.74, 6) is 0.984. The lowest BCUT2D eigenvalue weighted by Gasteiger charge is -2.26. The van der Waals surface area contributed by atoms with Crippen molar-refractivity contribution in [3.8, 4) is 0 Å². The van der Waals surface area contributed by atoms with Gasteiger partial charge in [0, 0.05) is 25.7 Å². The van der Waals surface area contributed by atoms with Crippen molar-refractivity contribution >= 4 is 17.0 Å². The van der Waals surface area contributed by atoms with Gasteiger partial charge in [0.2, 0.25) is 5.95 Å². The number of para-hydroxylation sites is 2. The molecule has 5 heteroatoms. The zero-order valence-electron chi connectivity index (χ0n) is 13.6. The number of nitrogens with one attached hydrogen (secondary N) is 1. The summed E-state index contributed by atoms with van der Waals surface area (Å²) in [6, 6.07) is 8.73. The number of anilines is 1. The van der Waals surface area contributed by atoms with Crippen LogP contribution in [0.3, 0.4) is 0 Å². The highest BCUT2D eigenvalue weighted by Gasteiger charge is 2.13. The van der Waals surface area contributed by atoms with Gasteiger partial charge in [-0.05, 0) is 38.9 Å². The first-order valence-electron chi connectivity index (χ1n) is 8.26. The van der Waals surface area contributed by atoms with Crippen molar-refractivity contribution in [3.05, 3.63) is 24.3 Å². The second kappa shape index (κ2) is 7.11. The van der Waals surface area contributed by atoms with Crippen LogP contribution < -0.4 is 5.32 Å². The number of rotatable bonds is 6. The molecule has 2 heterocycles. The third-order valence-electron chi connectivity index (χ3n) is 4.15. The Labute approximate surface area is 132 Å². The largest absolute Gasteiger partial charge is 0.379 e. The minimum absolute atomic E-state index is 0.397. The molecule has 3 rings (SSSR count). The number of benzene rings is 1. The van der Waals surface area contributed by atoms with E-state index in [2.05, 4.69) is 46.8 Å². The van der Waals surface area contributed by atoms with Crippen molar-refractivity contribution in [1.82, 2.24) is 14.5 Å². The van der Waals surface area contributed by atoms with Crippen LogP contribution in [0, 0.1) is 0 Å². The van der Waals surface area contributed by atoms with Crippen LogP contribution in [0.15, 0.2) is 24.3 Å². The van der Waals surface area contributed by atoms with Crippen molar-refractivity contribution in [2.45, 2.75) is 26.3 Å². The van der Waals surface area contributed by atoms with Gasteiger partial charge in [-0.1, -0.05) is 12.1 Å². The Bertz CT molecular complexity index is 602. The zero-order chi connectivity index (χ0) is 15.4.